The Labute approximate surface area is 265 Å². The number of carbonyl (C=O) groups is 1. The van der Waals surface area contributed by atoms with E-state index in [4.69, 9.17) is 19.7 Å². The summed E-state index contributed by atoms with van der Waals surface area (Å²) in [7, 11) is 1.42. The lowest BCUT2D eigenvalue weighted by atomic mass is 9.85. The number of carbonyl (C=O) groups excluding carboxylic acids is 1. The van der Waals surface area contributed by atoms with Crippen LogP contribution in [0.15, 0.2) is 106 Å². The molecule has 0 aromatic heterocycles. The summed E-state index contributed by atoms with van der Waals surface area (Å²) in [6.45, 7) is 14.5. The number of nitrogens with zero attached hydrogens (tertiary/aromatic N) is 3. The van der Waals surface area contributed by atoms with E-state index in [0.29, 0.717) is 18.6 Å². The fraction of sp³-hybridized carbons (Fsp3) is 0.459. The van der Waals surface area contributed by atoms with Gasteiger partial charge in [0.05, 0.1) is 47.4 Å². The summed E-state index contributed by atoms with van der Waals surface area (Å²) in [4.78, 5) is 27.8. The molecule has 0 amide bonds. The van der Waals surface area contributed by atoms with Crippen LogP contribution in [0.4, 0.5) is 0 Å². The Morgan fingerprint density at radius 3 is 2.44 bits per heavy atom. The first-order valence-corrected chi connectivity index (χ1v) is 16.2. The molecule has 8 heteroatoms. The molecule has 0 radical (unpaired) electrons. The van der Waals surface area contributed by atoms with E-state index >= 15 is 0 Å². The van der Waals surface area contributed by atoms with Gasteiger partial charge in [0.2, 0.25) is 0 Å². The van der Waals surface area contributed by atoms with Crippen molar-refractivity contribution in [1.29, 1.82) is 0 Å². The number of aliphatic hydroxyl groups is 2. The zero-order valence-corrected chi connectivity index (χ0v) is 27.7. The maximum atomic E-state index is 12.3. The number of aliphatic hydroxyl groups excluding tert-OH is 2. The van der Waals surface area contributed by atoms with Gasteiger partial charge in [-0.05, 0) is 87.0 Å². The number of hydrogen-bond donors (Lipinski definition) is 3. The van der Waals surface area contributed by atoms with Crippen LogP contribution >= 0.6 is 0 Å². The Bertz CT molecular complexity index is 1760. The molecule has 1 saturated heterocycles. The largest absolute Gasteiger partial charge is 0.511 e. The molecular weight excluding hydrogens is 564 g/mol. The molecule has 0 aromatic rings. The fourth-order valence-electron chi connectivity index (χ4n) is 7.82. The highest BCUT2D eigenvalue weighted by Gasteiger charge is 2.42. The number of esters is 1. The molecule has 0 unspecified atom stereocenters. The summed E-state index contributed by atoms with van der Waals surface area (Å²) < 4.78 is 5.01. The van der Waals surface area contributed by atoms with E-state index < -0.39 is 6.10 Å². The Balaban J connectivity index is 1.64. The zero-order chi connectivity index (χ0) is 32.3. The van der Waals surface area contributed by atoms with Gasteiger partial charge in [-0.15, -0.1) is 0 Å². The summed E-state index contributed by atoms with van der Waals surface area (Å²) in [6, 6.07) is 0. The molecule has 8 bridgehead atoms. The predicted molar refractivity (Wildman–Crippen MR) is 179 cm³/mol. The molecule has 0 saturated carbocycles. The molecule has 236 valence electrons. The van der Waals surface area contributed by atoms with Crippen molar-refractivity contribution in [2.24, 2.45) is 26.8 Å². The summed E-state index contributed by atoms with van der Waals surface area (Å²) in [6.07, 6.45) is 7.23. The number of methoxy groups -OCH3 is 1. The van der Waals surface area contributed by atoms with Crippen LogP contribution in [-0.2, 0) is 9.53 Å². The molecule has 5 heterocycles. The third kappa shape index (κ3) is 4.94. The van der Waals surface area contributed by atoms with E-state index in [2.05, 4.69) is 46.0 Å². The minimum absolute atomic E-state index is 0.0112. The van der Waals surface area contributed by atoms with Gasteiger partial charge in [0.15, 0.2) is 0 Å². The van der Waals surface area contributed by atoms with Crippen molar-refractivity contribution in [3.63, 3.8) is 0 Å². The van der Waals surface area contributed by atoms with E-state index in [1.165, 1.54) is 12.7 Å². The second kappa shape index (κ2) is 11.7. The number of nitrogens with one attached hydrogen (secondary N) is 1. The Morgan fingerprint density at radius 1 is 1.02 bits per heavy atom. The van der Waals surface area contributed by atoms with Crippen molar-refractivity contribution in [2.45, 2.75) is 93.1 Å². The summed E-state index contributed by atoms with van der Waals surface area (Å²) >= 11 is 0. The number of fused-ring (bicyclic) bond motifs is 5. The lowest BCUT2D eigenvalue weighted by Crippen LogP contribution is -2.16. The van der Waals surface area contributed by atoms with Gasteiger partial charge < -0.3 is 20.3 Å². The molecule has 3 N–H and O–H groups in total. The van der Waals surface area contributed by atoms with Crippen molar-refractivity contribution < 1.29 is 19.7 Å². The van der Waals surface area contributed by atoms with Crippen molar-refractivity contribution in [3.05, 3.63) is 91.0 Å². The zero-order valence-electron chi connectivity index (χ0n) is 27.7. The van der Waals surface area contributed by atoms with Crippen LogP contribution in [0.1, 0.15) is 87.0 Å². The average Bonchev–Trinajstić information content (AvgIpc) is 3.77. The number of allylic oxidation sites excluding steroid dienone is 11. The molecule has 3 atom stereocenters. The smallest absolute Gasteiger partial charge is 0.305 e. The van der Waals surface area contributed by atoms with Crippen molar-refractivity contribution in [2.75, 3.05) is 7.11 Å². The van der Waals surface area contributed by atoms with Crippen molar-refractivity contribution >= 4 is 23.1 Å². The molecule has 1 fully saturated rings. The summed E-state index contributed by atoms with van der Waals surface area (Å²) in [5.41, 5.74) is 14.8. The van der Waals surface area contributed by atoms with Crippen molar-refractivity contribution in [1.82, 2.24) is 5.32 Å². The number of ether oxygens (including phenoxy) is 1. The molecule has 6 rings (SSSR count). The highest BCUT2D eigenvalue weighted by atomic mass is 16.5. The molecule has 6 aliphatic rings. The van der Waals surface area contributed by atoms with Crippen molar-refractivity contribution in [3.8, 4) is 0 Å². The van der Waals surface area contributed by atoms with Gasteiger partial charge in [-0.2, -0.15) is 0 Å². The van der Waals surface area contributed by atoms with Crippen LogP contribution in [0.25, 0.3) is 0 Å². The van der Waals surface area contributed by atoms with Gasteiger partial charge in [0, 0.05) is 52.8 Å². The van der Waals surface area contributed by atoms with Crippen LogP contribution in [0.3, 0.4) is 0 Å². The second-order valence-corrected chi connectivity index (χ2v) is 12.8. The van der Waals surface area contributed by atoms with Gasteiger partial charge in [-0.1, -0.05) is 27.2 Å². The Kier molecular flexibility index (Phi) is 8.06. The van der Waals surface area contributed by atoms with Gasteiger partial charge in [0.25, 0.3) is 0 Å². The third-order valence-corrected chi connectivity index (χ3v) is 10.1. The van der Waals surface area contributed by atoms with Gasteiger partial charge in [0.1, 0.15) is 5.76 Å². The van der Waals surface area contributed by atoms with Gasteiger partial charge in [-0.3, -0.25) is 4.79 Å². The monoisotopic (exact) mass is 608 g/mol. The predicted octanol–water partition coefficient (Wildman–Crippen LogP) is 7.16. The van der Waals surface area contributed by atoms with E-state index in [0.717, 1.165) is 104 Å². The highest BCUT2D eigenvalue weighted by Crippen LogP contribution is 2.48. The van der Waals surface area contributed by atoms with Crippen LogP contribution in [0.5, 0.6) is 0 Å². The van der Waals surface area contributed by atoms with Crippen LogP contribution < -0.4 is 5.32 Å². The number of hydrogen-bond acceptors (Lipinski definition) is 8. The Hall–Kier alpha value is -4.04. The summed E-state index contributed by atoms with van der Waals surface area (Å²) in [5, 5.41) is 26.1. The SMILES string of the molecule is CCCC1=C(C)C2=NC1=CC1=C(CC)C3=C(O)CC(=C4NC(=C(C)C5=NC(=C2)C([C@@H](C)O)=C5C)[C@@H](C)[C@@H]4CCC(=O)OC)C3=N1. The lowest BCUT2D eigenvalue weighted by Gasteiger charge is -2.17. The highest BCUT2D eigenvalue weighted by molar-refractivity contribution is 6.21. The number of aliphatic imine (C=N–C) groups is 3. The standard InChI is InChI=1S/C37H44N4O4/c1-9-11-23-17(3)26-15-29-32(21(7)42)19(5)35(40-29)20(6)34-18(4)24(12-13-31(44)45-8)36(41-34)25-14-30(43)33-22(10-2)27(39-37(25)33)16-28(23)38-26/h15-16,18,21,24,41-43H,9-14H2,1-8H3/t18-,21+,24-/m0/s1. The first kappa shape index (κ1) is 31.0. The normalized spacial score (nSPS) is 24.9. The molecule has 0 aromatic carbocycles. The summed E-state index contributed by atoms with van der Waals surface area (Å²) in [5.74, 6) is 0.124. The van der Waals surface area contributed by atoms with Crippen LogP contribution in [0.2, 0.25) is 0 Å². The van der Waals surface area contributed by atoms with E-state index in [-0.39, 0.29) is 24.2 Å². The first-order valence-electron chi connectivity index (χ1n) is 16.2. The molecule has 5 aliphatic heterocycles. The molecule has 8 nitrogen and oxygen atoms in total. The van der Waals surface area contributed by atoms with Gasteiger partial charge in [-0.25, -0.2) is 15.0 Å². The minimum Gasteiger partial charge on any atom is -0.511 e. The molecule has 45 heavy (non-hydrogen) atoms. The van der Waals surface area contributed by atoms with Crippen LogP contribution in [-0.4, -0.2) is 46.5 Å². The maximum absolute atomic E-state index is 12.3. The minimum atomic E-state index is -0.706. The molecule has 0 spiro atoms. The van der Waals surface area contributed by atoms with Crippen LogP contribution in [0, 0.1) is 11.8 Å². The first-order chi connectivity index (χ1) is 21.5. The average molecular weight is 609 g/mol. The third-order valence-electron chi connectivity index (χ3n) is 10.1. The topological polar surface area (TPSA) is 116 Å². The van der Waals surface area contributed by atoms with E-state index in [9.17, 15) is 15.0 Å². The number of rotatable bonds is 7. The van der Waals surface area contributed by atoms with E-state index in [1.807, 2.05) is 13.0 Å². The quantitative estimate of drug-likeness (QED) is 0.265. The fourth-order valence-corrected chi connectivity index (χ4v) is 7.82. The molecule has 1 aliphatic carbocycles. The Morgan fingerprint density at radius 2 is 1.78 bits per heavy atom. The maximum Gasteiger partial charge on any atom is 0.305 e. The lowest BCUT2D eigenvalue weighted by molar-refractivity contribution is -0.140. The van der Waals surface area contributed by atoms with Gasteiger partial charge >= 0.3 is 5.97 Å². The second-order valence-electron chi connectivity index (χ2n) is 12.8. The van der Waals surface area contributed by atoms with E-state index in [1.54, 1.807) is 6.92 Å². The molecular formula is C37H44N4O4.